The Hall–Kier alpha value is -2.50. The monoisotopic (exact) mass is 430 g/mol. The van der Waals surface area contributed by atoms with Crippen molar-refractivity contribution in [2.24, 2.45) is 5.92 Å². The summed E-state index contributed by atoms with van der Waals surface area (Å²) in [7, 11) is 0. The molecule has 0 amide bonds. The number of ether oxygens (including phenoxy) is 4. The maximum Gasteiger partial charge on any atom is 0.129 e. The number of fused-ring (bicyclic) bond motifs is 1. The van der Waals surface area contributed by atoms with E-state index >= 15 is 0 Å². The fourth-order valence-electron chi connectivity index (χ4n) is 4.80. The smallest absolute Gasteiger partial charge is 0.129 e. The summed E-state index contributed by atoms with van der Waals surface area (Å²) in [6.45, 7) is 3.63. The summed E-state index contributed by atoms with van der Waals surface area (Å²) in [5, 5.41) is 0. The van der Waals surface area contributed by atoms with E-state index in [9.17, 15) is 0 Å². The van der Waals surface area contributed by atoms with Crippen LogP contribution in [0.5, 0.6) is 0 Å². The fourth-order valence-corrected chi connectivity index (χ4v) is 4.80. The molecule has 1 aliphatic heterocycles. The lowest BCUT2D eigenvalue weighted by Crippen LogP contribution is -2.53. The Morgan fingerprint density at radius 3 is 1.62 bits per heavy atom. The highest BCUT2D eigenvalue weighted by Gasteiger charge is 2.82. The number of epoxide rings is 1. The normalized spacial score (nSPS) is 25.7. The average molecular weight is 431 g/mol. The predicted molar refractivity (Wildman–Crippen MR) is 123 cm³/mol. The summed E-state index contributed by atoms with van der Waals surface area (Å²) in [5.74, 6) is 0.322. The number of benzene rings is 3. The molecule has 0 spiro atoms. The Balaban J connectivity index is 1.16. The molecule has 2 fully saturated rings. The van der Waals surface area contributed by atoms with Crippen molar-refractivity contribution in [2.45, 2.75) is 37.4 Å². The van der Waals surface area contributed by atoms with Gasteiger partial charge >= 0.3 is 0 Å². The van der Waals surface area contributed by atoms with Crippen molar-refractivity contribution in [1.29, 1.82) is 0 Å². The molecular formula is C28H30O4. The minimum Gasteiger partial charge on any atom is -0.376 e. The molecule has 0 radical (unpaired) electrons. The van der Waals surface area contributed by atoms with Gasteiger partial charge in [0.1, 0.15) is 11.2 Å². The van der Waals surface area contributed by atoms with Crippen LogP contribution < -0.4 is 0 Å². The maximum absolute atomic E-state index is 6.36. The molecule has 32 heavy (non-hydrogen) atoms. The molecule has 3 unspecified atom stereocenters. The minimum absolute atomic E-state index is 0.237. The van der Waals surface area contributed by atoms with Crippen LogP contribution >= 0.6 is 0 Å². The molecule has 0 N–H and O–H groups in total. The van der Waals surface area contributed by atoms with E-state index in [-0.39, 0.29) is 11.2 Å². The molecule has 166 valence electrons. The highest BCUT2D eigenvalue weighted by atomic mass is 16.7. The molecule has 1 saturated carbocycles. The molecule has 0 bridgehead atoms. The minimum atomic E-state index is -0.296. The summed E-state index contributed by atoms with van der Waals surface area (Å²) >= 11 is 0. The van der Waals surface area contributed by atoms with Crippen molar-refractivity contribution in [3.8, 4) is 0 Å². The van der Waals surface area contributed by atoms with E-state index < -0.39 is 0 Å². The molecule has 3 aromatic carbocycles. The first kappa shape index (κ1) is 21.4. The van der Waals surface area contributed by atoms with Gasteiger partial charge in [0.15, 0.2) is 0 Å². The van der Waals surface area contributed by atoms with Crippen LogP contribution in [-0.2, 0) is 38.8 Å². The lowest BCUT2D eigenvalue weighted by molar-refractivity contribution is -0.0300. The molecule has 1 heterocycles. The quantitative estimate of drug-likeness (QED) is 0.372. The van der Waals surface area contributed by atoms with Gasteiger partial charge in [0, 0.05) is 5.92 Å². The van der Waals surface area contributed by atoms with Crippen LogP contribution in [0.1, 0.15) is 23.1 Å². The Morgan fingerprint density at radius 2 is 1.09 bits per heavy atom. The lowest BCUT2D eigenvalue weighted by Gasteiger charge is -2.37. The van der Waals surface area contributed by atoms with Gasteiger partial charge in [-0.15, -0.1) is 0 Å². The highest BCUT2D eigenvalue weighted by molar-refractivity contribution is 5.29. The van der Waals surface area contributed by atoms with Gasteiger partial charge in [0.25, 0.3) is 0 Å². The van der Waals surface area contributed by atoms with Gasteiger partial charge in [-0.3, -0.25) is 0 Å². The third kappa shape index (κ3) is 4.50. The van der Waals surface area contributed by atoms with E-state index in [1.54, 1.807) is 0 Å². The van der Waals surface area contributed by atoms with Crippen molar-refractivity contribution in [2.75, 3.05) is 19.8 Å². The predicted octanol–water partition coefficient (Wildman–Crippen LogP) is 5.16. The van der Waals surface area contributed by atoms with E-state index in [4.69, 9.17) is 18.9 Å². The van der Waals surface area contributed by atoms with Crippen LogP contribution in [0.15, 0.2) is 91.0 Å². The third-order valence-electron chi connectivity index (χ3n) is 6.65. The first-order valence-corrected chi connectivity index (χ1v) is 11.3. The van der Waals surface area contributed by atoms with Gasteiger partial charge in [0.2, 0.25) is 0 Å². The van der Waals surface area contributed by atoms with Crippen molar-refractivity contribution in [1.82, 2.24) is 0 Å². The Bertz CT molecular complexity index is 974. The Morgan fingerprint density at radius 1 is 0.625 bits per heavy atom. The summed E-state index contributed by atoms with van der Waals surface area (Å²) < 4.78 is 24.6. The molecule has 3 aromatic rings. The van der Waals surface area contributed by atoms with Crippen LogP contribution in [0.25, 0.3) is 0 Å². The Labute approximate surface area is 190 Å². The molecule has 1 saturated heterocycles. The van der Waals surface area contributed by atoms with E-state index in [2.05, 4.69) is 36.4 Å². The molecule has 1 aliphatic carbocycles. The summed E-state index contributed by atoms with van der Waals surface area (Å²) in [5.41, 5.74) is 3.01. The van der Waals surface area contributed by atoms with Gasteiger partial charge in [-0.1, -0.05) is 91.0 Å². The van der Waals surface area contributed by atoms with Crippen molar-refractivity contribution < 1.29 is 18.9 Å². The maximum atomic E-state index is 6.36. The van der Waals surface area contributed by atoms with Gasteiger partial charge in [-0.2, -0.15) is 0 Å². The SMILES string of the molecule is c1ccc(COCC2CC3(COCc4ccccc4)OC23COCc2ccccc2)cc1. The van der Waals surface area contributed by atoms with Crippen molar-refractivity contribution in [3.05, 3.63) is 108 Å². The largest absolute Gasteiger partial charge is 0.376 e. The van der Waals surface area contributed by atoms with E-state index in [1.165, 1.54) is 16.7 Å². The van der Waals surface area contributed by atoms with Gasteiger partial charge in [-0.25, -0.2) is 0 Å². The zero-order chi connectivity index (χ0) is 21.7. The first-order valence-electron chi connectivity index (χ1n) is 11.3. The lowest BCUT2D eigenvalue weighted by atomic mass is 9.65. The van der Waals surface area contributed by atoms with Crippen molar-refractivity contribution in [3.63, 3.8) is 0 Å². The molecule has 2 aliphatic rings. The molecule has 3 atom stereocenters. The second-order valence-electron chi connectivity index (χ2n) is 8.84. The summed E-state index contributed by atoms with van der Waals surface area (Å²) in [4.78, 5) is 0. The van der Waals surface area contributed by atoms with Gasteiger partial charge < -0.3 is 18.9 Å². The number of rotatable bonds is 12. The third-order valence-corrected chi connectivity index (χ3v) is 6.65. The average Bonchev–Trinajstić information content (AvgIpc) is 3.36. The summed E-state index contributed by atoms with van der Waals surface area (Å²) in [6.07, 6.45) is 0.950. The fraction of sp³-hybridized carbons (Fsp3) is 0.357. The van der Waals surface area contributed by atoms with Crippen LogP contribution in [0, 0.1) is 5.92 Å². The standard InChI is InChI=1S/C28H30O4/c1-4-10-23(11-5-1)17-29-20-26-16-27(21-30-18-24-12-6-2-7-13-24)28(26,32-27)22-31-19-25-14-8-3-9-15-25/h1-15,26H,16-22H2. The van der Waals surface area contributed by atoms with Gasteiger partial charge in [-0.05, 0) is 23.1 Å². The van der Waals surface area contributed by atoms with Gasteiger partial charge in [0.05, 0.1) is 39.6 Å². The van der Waals surface area contributed by atoms with E-state index in [0.29, 0.717) is 45.6 Å². The molecule has 4 nitrogen and oxygen atoms in total. The van der Waals surface area contributed by atoms with Crippen LogP contribution in [0.2, 0.25) is 0 Å². The zero-order valence-corrected chi connectivity index (χ0v) is 18.3. The highest BCUT2D eigenvalue weighted by Crippen LogP contribution is 2.67. The molecule has 5 rings (SSSR count). The summed E-state index contributed by atoms with van der Waals surface area (Å²) in [6, 6.07) is 30.8. The molecule has 4 heteroatoms. The molecule has 0 aromatic heterocycles. The van der Waals surface area contributed by atoms with Crippen LogP contribution in [0.4, 0.5) is 0 Å². The Kier molecular flexibility index (Phi) is 6.37. The zero-order valence-electron chi connectivity index (χ0n) is 18.3. The van der Waals surface area contributed by atoms with E-state index in [1.807, 2.05) is 54.6 Å². The topological polar surface area (TPSA) is 40.2 Å². The van der Waals surface area contributed by atoms with E-state index in [0.717, 1.165) is 6.42 Å². The second-order valence-corrected chi connectivity index (χ2v) is 8.84. The second kappa shape index (κ2) is 9.55. The van der Waals surface area contributed by atoms with Crippen molar-refractivity contribution >= 4 is 0 Å². The first-order chi connectivity index (χ1) is 15.8. The molecular weight excluding hydrogens is 400 g/mol. The number of hydrogen-bond acceptors (Lipinski definition) is 4. The van der Waals surface area contributed by atoms with Crippen LogP contribution in [-0.4, -0.2) is 31.0 Å². The number of hydrogen-bond donors (Lipinski definition) is 0. The van der Waals surface area contributed by atoms with Crippen LogP contribution in [0.3, 0.4) is 0 Å².